The average molecular weight is 314 g/mol. The van der Waals surface area contributed by atoms with Gasteiger partial charge in [-0.25, -0.2) is 0 Å². The predicted octanol–water partition coefficient (Wildman–Crippen LogP) is 2.60. The summed E-state index contributed by atoms with van der Waals surface area (Å²) in [5, 5.41) is 3.35. The third-order valence-electron chi connectivity index (χ3n) is 3.34. The Morgan fingerprint density at radius 3 is 2.52 bits per heavy atom. The maximum atomic E-state index is 5.89. The highest BCUT2D eigenvalue weighted by molar-refractivity contribution is 6.28. The van der Waals surface area contributed by atoms with Crippen molar-refractivity contribution in [2.24, 2.45) is 0 Å². The van der Waals surface area contributed by atoms with E-state index in [1.165, 1.54) is 38.8 Å². The van der Waals surface area contributed by atoms with Crippen molar-refractivity contribution in [1.29, 1.82) is 0 Å². The number of hydrogen-bond donors (Lipinski definition) is 1. The zero-order valence-electron chi connectivity index (χ0n) is 12.8. The average Bonchev–Trinajstić information content (AvgIpc) is 2.66. The fraction of sp³-hybridized carbons (Fsp3) is 0.786. The Morgan fingerprint density at radius 1 is 1.14 bits per heavy atom. The van der Waals surface area contributed by atoms with E-state index in [-0.39, 0.29) is 17.4 Å². The second kappa shape index (κ2) is 8.34. The van der Waals surface area contributed by atoms with Gasteiger partial charge >= 0.3 is 6.01 Å². The highest BCUT2D eigenvalue weighted by atomic mass is 35.5. The third-order valence-corrected chi connectivity index (χ3v) is 3.51. The van der Waals surface area contributed by atoms with Crippen LogP contribution in [0.3, 0.4) is 0 Å². The molecule has 1 aliphatic heterocycles. The van der Waals surface area contributed by atoms with Gasteiger partial charge in [-0.1, -0.05) is 12.8 Å². The lowest BCUT2D eigenvalue weighted by molar-refractivity contribution is 0.222. The summed E-state index contributed by atoms with van der Waals surface area (Å²) in [7, 11) is 0. The van der Waals surface area contributed by atoms with Crippen molar-refractivity contribution in [3.63, 3.8) is 0 Å². The van der Waals surface area contributed by atoms with Crippen molar-refractivity contribution in [2.45, 2.75) is 45.6 Å². The lowest BCUT2D eigenvalue weighted by atomic mass is 10.2. The molecule has 2 rings (SSSR count). The summed E-state index contributed by atoms with van der Waals surface area (Å²) in [4.78, 5) is 14.7. The molecule has 0 amide bonds. The van der Waals surface area contributed by atoms with E-state index < -0.39 is 0 Å². The number of aromatic nitrogens is 3. The molecule has 0 unspecified atom stereocenters. The number of hydrogen-bond acceptors (Lipinski definition) is 6. The van der Waals surface area contributed by atoms with Gasteiger partial charge in [-0.05, 0) is 51.4 Å². The van der Waals surface area contributed by atoms with Crippen LogP contribution in [-0.2, 0) is 0 Å². The molecule has 1 aliphatic rings. The highest BCUT2D eigenvalue weighted by Crippen LogP contribution is 2.13. The van der Waals surface area contributed by atoms with E-state index in [2.05, 4.69) is 25.2 Å². The molecule has 0 aromatic carbocycles. The number of halogens is 1. The second-order valence-electron chi connectivity index (χ2n) is 5.56. The summed E-state index contributed by atoms with van der Waals surface area (Å²) in [5.74, 6) is 0.473. The second-order valence-corrected chi connectivity index (χ2v) is 5.90. The van der Waals surface area contributed by atoms with Crippen molar-refractivity contribution < 1.29 is 4.74 Å². The van der Waals surface area contributed by atoms with Gasteiger partial charge in [0.05, 0.1) is 6.10 Å². The molecule has 0 atom stereocenters. The van der Waals surface area contributed by atoms with Crippen LogP contribution in [-0.4, -0.2) is 52.1 Å². The number of nitrogens with one attached hydrogen (secondary N) is 1. The number of nitrogens with zero attached hydrogens (tertiary/aromatic N) is 4. The minimum absolute atomic E-state index is 0.00779. The van der Waals surface area contributed by atoms with Crippen LogP contribution < -0.4 is 10.1 Å². The standard InChI is InChI=1S/C14H24ClN5O/c1-11(2)21-14-18-12(15)17-13(19-14)16-7-10-20-8-5-3-4-6-9-20/h11H,3-10H2,1-2H3,(H,16,17,18,19). The van der Waals surface area contributed by atoms with E-state index in [9.17, 15) is 0 Å². The van der Waals surface area contributed by atoms with E-state index in [0.29, 0.717) is 5.95 Å². The number of likely N-dealkylation sites (tertiary alicyclic amines) is 1. The molecular formula is C14H24ClN5O. The lowest BCUT2D eigenvalue weighted by Crippen LogP contribution is -2.30. The summed E-state index contributed by atoms with van der Waals surface area (Å²) in [6, 6.07) is 0.266. The first-order valence-corrected chi connectivity index (χ1v) is 8.06. The summed E-state index contributed by atoms with van der Waals surface area (Å²) >= 11 is 5.89. The summed E-state index contributed by atoms with van der Waals surface area (Å²) in [6.45, 7) is 7.99. The van der Waals surface area contributed by atoms with Gasteiger partial charge in [-0.15, -0.1) is 0 Å². The molecule has 7 heteroatoms. The molecule has 2 heterocycles. The first-order valence-electron chi connectivity index (χ1n) is 7.68. The minimum atomic E-state index is 0.00779. The van der Waals surface area contributed by atoms with E-state index in [1.807, 2.05) is 13.8 Å². The molecule has 0 aliphatic carbocycles. The molecule has 118 valence electrons. The maximum Gasteiger partial charge on any atom is 0.322 e. The predicted molar refractivity (Wildman–Crippen MR) is 84.0 cm³/mol. The maximum absolute atomic E-state index is 5.89. The summed E-state index contributed by atoms with van der Waals surface area (Å²) < 4.78 is 5.45. The third kappa shape index (κ3) is 6.01. The molecule has 21 heavy (non-hydrogen) atoms. The van der Waals surface area contributed by atoms with Crippen LogP contribution in [0.1, 0.15) is 39.5 Å². The Kier molecular flexibility index (Phi) is 6.45. The van der Waals surface area contributed by atoms with E-state index in [0.717, 1.165) is 13.1 Å². The molecule has 1 N–H and O–H groups in total. The number of rotatable bonds is 6. The van der Waals surface area contributed by atoms with Gasteiger partial charge < -0.3 is 15.0 Å². The Labute approximate surface area is 131 Å². The molecule has 1 saturated heterocycles. The molecule has 0 radical (unpaired) electrons. The van der Waals surface area contributed by atoms with Gasteiger partial charge in [0.25, 0.3) is 0 Å². The molecular weight excluding hydrogens is 290 g/mol. The monoisotopic (exact) mass is 313 g/mol. The summed E-state index contributed by atoms with van der Waals surface area (Å²) in [5.41, 5.74) is 0. The molecule has 6 nitrogen and oxygen atoms in total. The largest absolute Gasteiger partial charge is 0.461 e. The molecule has 0 saturated carbocycles. The van der Waals surface area contributed by atoms with Gasteiger partial charge in [0.1, 0.15) is 0 Å². The van der Waals surface area contributed by atoms with Crippen LogP contribution in [0.2, 0.25) is 5.28 Å². The minimum Gasteiger partial charge on any atom is -0.461 e. The van der Waals surface area contributed by atoms with Crippen LogP contribution in [0.15, 0.2) is 0 Å². The topological polar surface area (TPSA) is 63.2 Å². The fourth-order valence-corrected chi connectivity index (χ4v) is 2.51. The normalized spacial score (nSPS) is 16.8. The van der Waals surface area contributed by atoms with Crippen LogP contribution in [0.4, 0.5) is 5.95 Å². The first kappa shape index (κ1) is 16.2. The van der Waals surface area contributed by atoms with Crippen molar-refractivity contribution >= 4 is 17.5 Å². The van der Waals surface area contributed by atoms with E-state index >= 15 is 0 Å². The van der Waals surface area contributed by atoms with Crippen molar-refractivity contribution in [3.05, 3.63) is 5.28 Å². The van der Waals surface area contributed by atoms with Gasteiger partial charge in [-0.2, -0.15) is 15.0 Å². The quantitative estimate of drug-likeness (QED) is 0.871. The zero-order valence-corrected chi connectivity index (χ0v) is 13.6. The molecule has 0 bridgehead atoms. The highest BCUT2D eigenvalue weighted by Gasteiger charge is 2.10. The fourth-order valence-electron chi connectivity index (χ4n) is 2.36. The number of ether oxygens (including phenoxy) is 1. The first-order chi connectivity index (χ1) is 10.1. The molecule has 1 fully saturated rings. The van der Waals surface area contributed by atoms with Crippen LogP contribution >= 0.6 is 11.6 Å². The van der Waals surface area contributed by atoms with Crippen molar-refractivity contribution in [1.82, 2.24) is 19.9 Å². The Hall–Kier alpha value is -1.14. The zero-order chi connectivity index (χ0) is 15.1. The van der Waals surface area contributed by atoms with Gasteiger partial charge in [0.15, 0.2) is 0 Å². The van der Waals surface area contributed by atoms with Crippen LogP contribution in [0, 0.1) is 0 Å². The van der Waals surface area contributed by atoms with Gasteiger partial charge in [0.2, 0.25) is 11.2 Å². The van der Waals surface area contributed by atoms with Crippen molar-refractivity contribution in [2.75, 3.05) is 31.5 Å². The van der Waals surface area contributed by atoms with E-state index in [4.69, 9.17) is 16.3 Å². The smallest absolute Gasteiger partial charge is 0.322 e. The lowest BCUT2D eigenvalue weighted by Gasteiger charge is -2.19. The number of anilines is 1. The van der Waals surface area contributed by atoms with Gasteiger partial charge in [-0.3, -0.25) is 0 Å². The molecule has 1 aromatic rings. The van der Waals surface area contributed by atoms with Gasteiger partial charge in [0, 0.05) is 13.1 Å². The van der Waals surface area contributed by atoms with Crippen LogP contribution in [0.25, 0.3) is 0 Å². The summed E-state index contributed by atoms with van der Waals surface area (Å²) in [6.07, 6.45) is 5.30. The van der Waals surface area contributed by atoms with Crippen molar-refractivity contribution in [3.8, 4) is 6.01 Å². The van der Waals surface area contributed by atoms with Crippen LogP contribution in [0.5, 0.6) is 6.01 Å². The Morgan fingerprint density at radius 2 is 1.86 bits per heavy atom. The molecule has 1 aromatic heterocycles. The Bertz CT molecular complexity index is 435. The SMILES string of the molecule is CC(C)Oc1nc(Cl)nc(NCCN2CCCCCC2)n1. The Balaban J connectivity index is 1.83. The molecule has 0 spiro atoms. The van der Waals surface area contributed by atoms with E-state index in [1.54, 1.807) is 0 Å².